The molecule has 2 unspecified atom stereocenters. The van der Waals surface area contributed by atoms with E-state index in [1.54, 1.807) is 25.3 Å². The Morgan fingerprint density at radius 3 is 2.78 bits per heavy atom. The molecular formula is C13H21NO3S. The molecule has 0 fully saturated rings. The van der Waals surface area contributed by atoms with Crippen molar-refractivity contribution in [2.75, 3.05) is 26.1 Å². The minimum Gasteiger partial charge on any atom is -0.494 e. The van der Waals surface area contributed by atoms with Crippen molar-refractivity contribution in [3.63, 3.8) is 0 Å². The first kappa shape index (κ1) is 15.0. The van der Waals surface area contributed by atoms with Gasteiger partial charge in [0.05, 0.1) is 22.3 Å². The Hall–Kier alpha value is -1.07. The van der Waals surface area contributed by atoms with Crippen LogP contribution in [-0.4, -0.2) is 29.8 Å². The van der Waals surface area contributed by atoms with Crippen LogP contribution in [0.2, 0.25) is 0 Å². The van der Waals surface area contributed by atoms with Crippen LogP contribution < -0.4 is 10.5 Å². The van der Waals surface area contributed by atoms with Gasteiger partial charge in [0.1, 0.15) is 5.75 Å². The van der Waals surface area contributed by atoms with Gasteiger partial charge in [0, 0.05) is 24.7 Å². The van der Waals surface area contributed by atoms with Crippen molar-refractivity contribution in [1.29, 1.82) is 0 Å². The molecule has 1 aromatic carbocycles. The molecule has 1 aromatic rings. The van der Waals surface area contributed by atoms with Crippen LogP contribution in [0, 0.1) is 0 Å². The van der Waals surface area contributed by atoms with E-state index in [0.29, 0.717) is 29.5 Å². The molecule has 0 aromatic heterocycles. The molecule has 5 heteroatoms. The van der Waals surface area contributed by atoms with Crippen molar-refractivity contribution in [2.24, 2.45) is 0 Å². The highest BCUT2D eigenvalue weighted by Crippen LogP contribution is 2.25. The van der Waals surface area contributed by atoms with Crippen LogP contribution in [0.3, 0.4) is 0 Å². The van der Waals surface area contributed by atoms with Crippen molar-refractivity contribution in [3.8, 4) is 5.75 Å². The van der Waals surface area contributed by atoms with E-state index in [9.17, 15) is 4.21 Å². The van der Waals surface area contributed by atoms with Gasteiger partial charge in [-0.05, 0) is 31.5 Å². The van der Waals surface area contributed by atoms with Crippen LogP contribution in [0.15, 0.2) is 23.1 Å². The molecule has 0 saturated heterocycles. The van der Waals surface area contributed by atoms with Gasteiger partial charge >= 0.3 is 0 Å². The summed E-state index contributed by atoms with van der Waals surface area (Å²) in [6.45, 7) is 5.02. The number of hydrogen-bond acceptors (Lipinski definition) is 4. The van der Waals surface area contributed by atoms with Gasteiger partial charge < -0.3 is 15.2 Å². The van der Waals surface area contributed by atoms with Gasteiger partial charge in [0.25, 0.3) is 0 Å². The molecule has 0 bridgehead atoms. The third kappa shape index (κ3) is 3.99. The van der Waals surface area contributed by atoms with Crippen LogP contribution in [0.25, 0.3) is 0 Å². The lowest BCUT2D eigenvalue weighted by molar-refractivity contribution is 0.195. The van der Waals surface area contributed by atoms with E-state index >= 15 is 0 Å². The van der Waals surface area contributed by atoms with Gasteiger partial charge in [0.15, 0.2) is 0 Å². The number of methoxy groups -OCH3 is 1. The third-order valence-electron chi connectivity index (χ3n) is 2.61. The van der Waals surface area contributed by atoms with Crippen LogP contribution in [-0.2, 0) is 15.5 Å². The van der Waals surface area contributed by atoms with Gasteiger partial charge in [-0.1, -0.05) is 6.92 Å². The van der Waals surface area contributed by atoms with Gasteiger partial charge in [-0.15, -0.1) is 0 Å². The molecule has 4 nitrogen and oxygen atoms in total. The molecule has 18 heavy (non-hydrogen) atoms. The maximum Gasteiger partial charge on any atom is 0.120 e. The van der Waals surface area contributed by atoms with E-state index in [-0.39, 0.29) is 5.25 Å². The lowest BCUT2D eigenvalue weighted by atomic mass is 10.3. The van der Waals surface area contributed by atoms with Crippen LogP contribution in [0.4, 0.5) is 5.69 Å². The molecule has 102 valence electrons. The summed E-state index contributed by atoms with van der Waals surface area (Å²) in [5.41, 5.74) is 6.42. The Morgan fingerprint density at radius 1 is 1.44 bits per heavy atom. The number of ether oxygens (including phenoxy) is 2. The molecule has 0 radical (unpaired) electrons. The Bertz CT molecular complexity index is 409. The highest BCUT2D eigenvalue weighted by atomic mass is 32.2. The van der Waals surface area contributed by atoms with Crippen molar-refractivity contribution in [3.05, 3.63) is 18.2 Å². The van der Waals surface area contributed by atoms with Gasteiger partial charge in [0.2, 0.25) is 0 Å². The molecule has 0 saturated carbocycles. The number of nitrogens with two attached hydrogens (primary N) is 1. The number of hydrogen-bond donors (Lipinski definition) is 1. The molecule has 0 heterocycles. The fourth-order valence-electron chi connectivity index (χ4n) is 1.55. The molecule has 0 amide bonds. The lowest BCUT2D eigenvalue weighted by Gasteiger charge is -2.14. The summed E-state index contributed by atoms with van der Waals surface area (Å²) in [5.74, 6) is 0.703. The maximum atomic E-state index is 12.3. The zero-order valence-corrected chi connectivity index (χ0v) is 12.0. The Morgan fingerprint density at radius 2 is 2.17 bits per heavy atom. The quantitative estimate of drug-likeness (QED) is 0.772. The van der Waals surface area contributed by atoms with E-state index in [1.807, 2.05) is 13.8 Å². The van der Waals surface area contributed by atoms with Gasteiger partial charge in [-0.25, -0.2) is 0 Å². The minimum absolute atomic E-state index is 0.00382. The first-order chi connectivity index (χ1) is 8.60. The molecule has 1 rings (SSSR count). The summed E-state index contributed by atoms with van der Waals surface area (Å²) in [7, 11) is 0.499. The molecule has 2 N–H and O–H groups in total. The fraction of sp³-hybridized carbons (Fsp3) is 0.538. The van der Waals surface area contributed by atoms with Crippen molar-refractivity contribution in [2.45, 2.75) is 30.4 Å². The molecule has 0 aliphatic carbocycles. The van der Waals surface area contributed by atoms with Gasteiger partial charge in [-0.2, -0.15) is 0 Å². The minimum atomic E-state index is -1.14. The standard InChI is InChI=1S/C13H21NO3S/c1-4-17-11-5-6-12(14)13(9-11)18(15)10(2)7-8-16-3/h5-6,9-10H,4,7-8,14H2,1-3H3. The van der Waals surface area contributed by atoms with E-state index in [1.165, 1.54) is 0 Å². The van der Waals surface area contributed by atoms with Crippen molar-refractivity contribution in [1.82, 2.24) is 0 Å². The SMILES string of the molecule is CCOc1ccc(N)c(S(=O)C(C)CCOC)c1. The largest absolute Gasteiger partial charge is 0.494 e. The number of anilines is 1. The summed E-state index contributed by atoms with van der Waals surface area (Å²) in [4.78, 5) is 0.643. The van der Waals surface area contributed by atoms with Crippen LogP contribution in [0.5, 0.6) is 5.75 Å². The Kier molecular flexibility index (Phi) is 6.15. The molecule has 0 aliphatic heterocycles. The van der Waals surface area contributed by atoms with E-state index in [0.717, 1.165) is 6.42 Å². The number of rotatable bonds is 7. The zero-order chi connectivity index (χ0) is 13.5. The average molecular weight is 271 g/mol. The summed E-state index contributed by atoms with van der Waals surface area (Å²) < 4.78 is 22.7. The van der Waals surface area contributed by atoms with Crippen LogP contribution >= 0.6 is 0 Å². The highest BCUT2D eigenvalue weighted by molar-refractivity contribution is 7.85. The third-order valence-corrected chi connectivity index (χ3v) is 4.36. The molecular weight excluding hydrogens is 250 g/mol. The topological polar surface area (TPSA) is 61.5 Å². The van der Waals surface area contributed by atoms with Crippen LogP contribution in [0.1, 0.15) is 20.3 Å². The summed E-state index contributed by atoms with van der Waals surface area (Å²) in [6, 6.07) is 5.29. The highest BCUT2D eigenvalue weighted by Gasteiger charge is 2.16. The summed E-state index contributed by atoms with van der Waals surface area (Å²) in [5, 5.41) is 0.00382. The van der Waals surface area contributed by atoms with E-state index < -0.39 is 10.8 Å². The monoisotopic (exact) mass is 271 g/mol. The fourth-order valence-corrected chi connectivity index (χ4v) is 2.83. The first-order valence-corrected chi connectivity index (χ1v) is 7.23. The lowest BCUT2D eigenvalue weighted by Crippen LogP contribution is -2.15. The van der Waals surface area contributed by atoms with Gasteiger partial charge in [-0.3, -0.25) is 4.21 Å². The second-order valence-corrected chi connectivity index (χ2v) is 5.86. The Labute approximate surface area is 111 Å². The normalized spacial score (nSPS) is 14.2. The molecule has 0 aliphatic rings. The zero-order valence-electron chi connectivity index (χ0n) is 11.1. The predicted octanol–water partition coefficient (Wildman–Crippen LogP) is 2.20. The van der Waals surface area contributed by atoms with E-state index in [4.69, 9.17) is 15.2 Å². The first-order valence-electron chi connectivity index (χ1n) is 6.02. The predicted molar refractivity (Wildman–Crippen MR) is 74.4 cm³/mol. The second kappa shape index (κ2) is 7.38. The molecule has 2 atom stereocenters. The van der Waals surface area contributed by atoms with Crippen molar-refractivity contribution >= 4 is 16.5 Å². The Balaban J connectivity index is 2.86. The maximum absolute atomic E-state index is 12.3. The smallest absolute Gasteiger partial charge is 0.120 e. The number of nitrogen functional groups attached to an aromatic ring is 1. The second-order valence-electron chi connectivity index (χ2n) is 4.02. The average Bonchev–Trinajstić information content (AvgIpc) is 2.37. The van der Waals surface area contributed by atoms with Crippen molar-refractivity contribution < 1.29 is 13.7 Å². The molecule has 0 spiro atoms. The summed E-state index contributed by atoms with van der Waals surface area (Å²) in [6.07, 6.45) is 0.738. The summed E-state index contributed by atoms with van der Waals surface area (Å²) >= 11 is 0. The number of benzene rings is 1. The van der Waals surface area contributed by atoms with E-state index in [2.05, 4.69) is 0 Å².